The SMILES string of the molecule is ClP(OC1(C(Cl)(Cl)Cl)CCCCC1)c1ccccc1. The highest BCUT2D eigenvalue weighted by atomic mass is 35.7. The Morgan fingerprint density at radius 3 is 2.11 bits per heavy atom. The van der Waals surface area contributed by atoms with Gasteiger partial charge in [0.1, 0.15) is 5.60 Å². The molecule has 1 unspecified atom stereocenters. The third-order valence-corrected chi connectivity index (χ3v) is 6.43. The molecule has 1 nitrogen and oxygen atoms in total. The van der Waals surface area contributed by atoms with E-state index in [-0.39, 0.29) is 0 Å². The van der Waals surface area contributed by atoms with Crippen molar-refractivity contribution in [3.63, 3.8) is 0 Å². The van der Waals surface area contributed by atoms with Crippen LogP contribution in [-0.2, 0) is 4.52 Å². The topological polar surface area (TPSA) is 9.23 Å². The second kappa shape index (κ2) is 6.69. The van der Waals surface area contributed by atoms with E-state index < -0.39 is 16.9 Å². The average molecular weight is 360 g/mol. The maximum atomic E-state index is 6.40. The van der Waals surface area contributed by atoms with Gasteiger partial charge in [0.05, 0.1) is 0 Å². The van der Waals surface area contributed by atoms with E-state index in [1.807, 2.05) is 30.3 Å². The van der Waals surface area contributed by atoms with E-state index >= 15 is 0 Å². The zero-order valence-electron chi connectivity index (χ0n) is 10.3. The van der Waals surface area contributed by atoms with Gasteiger partial charge in [0.15, 0.2) is 7.50 Å². The van der Waals surface area contributed by atoms with Gasteiger partial charge in [-0.25, -0.2) is 0 Å². The number of rotatable bonds is 3. The zero-order chi connectivity index (χ0) is 13.9. The zero-order valence-corrected chi connectivity index (χ0v) is 14.2. The van der Waals surface area contributed by atoms with E-state index in [0.717, 1.165) is 37.4 Å². The number of benzene rings is 1. The number of hydrogen-bond donors (Lipinski definition) is 0. The third-order valence-electron chi connectivity index (χ3n) is 3.39. The Morgan fingerprint density at radius 2 is 1.58 bits per heavy atom. The number of alkyl halides is 3. The van der Waals surface area contributed by atoms with Crippen LogP contribution in [0.5, 0.6) is 0 Å². The summed E-state index contributed by atoms with van der Waals surface area (Å²) in [7, 11) is -1.29. The van der Waals surface area contributed by atoms with Crippen molar-refractivity contribution in [3.8, 4) is 0 Å². The molecule has 0 heterocycles. The summed E-state index contributed by atoms with van der Waals surface area (Å²) in [6.07, 6.45) is 4.63. The molecule has 0 radical (unpaired) electrons. The molecule has 106 valence electrons. The quantitative estimate of drug-likeness (QED) is 0.478. The second-order valence-corrected chi connectivity index (χ2v) is 9.12. The molecule has 0 saturated heterocycles. The summed E-state index contributed by atoms with van der Waals surface area (Å²) in [6, 6.07) is 9.68. The molecule has 1 aromatic carbocycles. The molecule has 1 aliphatic carbocycles. The molecule has 0 aliphatic heterocycles. The van der Waals surface area contributed by atoms with Crippen LogP contribution >= 0.6 is 53.5 Å². The minimum atomic E-state index is -1.45. The molecular formula is C13H15Cl4OP. The molecule has 0 amide bonds. The molecule has 0 bridgehead atoms. The molecule has 19 heavy (non-hydrogen) atoms. The molecule has 0 spiro atoms. The first-order chi connectivity index (χ1) is 8.95. The van der Waals surface area contributed by atoms with Gasteiger partial charge in [-0.2, -0.15) is 0 Å². The maximum absolute atomic E-state index is 6.40. The predicted molar refractivity (Wildman–Crippen MR) is 86.0 cm³/mol. The van der Waals surface area contributed by atoms with Crippen LogP contribution in [0.3, 0.4) is 0 Å². The van der Waals surface area contributed by atoms with Crippen LogP contribution in [0.15, 0.2) is 30.3 Å². The fourth-order valence-corrected chi connectivity index (χ4v) is 5.02. The Kier molecular flexibility index (Phi) is 5.68. The third kappa shape index (κ3) is 3.90. The largest absolute Gasteiger partial charge is 0.329 e. The monoisotopic (exact) mass is 358 g/mol. The summed E-state index contributed by atoms with van der Waals surface area (Å²) in [5.41, 5.74) is -0.765. The van der Waals surface area contributed by atoms with E-state index in [2.05, 4.69) is 0 Å². The summed E-state index contributed by atoms with van der Waals surface area (Å²) in [4.78, 5) is 0. The number of halogens is 4. The van der Waals surface area contributed by atoms with E-state index in [9.17, 15) is 0 Å². The van der Waals surface area contributed by atoms with Crippen LogP contribution in [0.25, 0.3) is 0 Å². The van der Waals surface area contributed by atoms with Gasteiger partial charge in [-0.3, -0.25) is 0 Å². The van der Waals surface area contributed by atoms with Crippen molar-refractivity contribution in [2.75, 3.05) is 0 Å². The second-order valence-electron chi connectivity index (χ2n) is 4.72. The Balaban J connectivity index is 2.17. The van der Waals surface area contributed by atoms with Crippen molar-refractivity contribution in [2.24, 2.45) is 0 Å². The highest BCUT2D eigenvalue weighted by Crippen LogP contribution is 2.57. The fraction of sp³-hybridized carbons (Fsp3) is 0.538. The lowest BCUT2D eigenvalue weighted by Crippen LogP contribution is -2.46. The van der Waals surface area contributed by atoms with Crippen LogP contribution in [-0.4, -0.2) is 9.39 Å². The first kappa shape index (κ1) is 16.1. The van der Waals surface area contributed by atoms with Crippen LogP contribution < -0.4 is 5.30 Å². The summed E-state index contributed by atoms with van der Waals surface area (Å²) < 4.78 is 4.62. The molecule has 1 aliphatic rings. The summed E-state index contributed by atoms with van der Waals surface area (Å²) in [6.45, 7) is 0. The van der Waals surface area contributed by atoms with Gasteiger partial charge >= 0.3 is 0 Å². The summed E-state index contributed by atoms with van der Waals surface area (Å²) in [5.74, 6) is 0. The average Bonchev–Trinajstić information content (AvgIpc) is 2.39. The van der Waals surface area contributed by atoms with Gasteiger partial charge in [0, 0.05) is 5.30 Å². The van der Waals surface area contributed by atoms with Crippen LogP contribution in [0.1, 0.15) is 32.1 Å². The Morgan fingerprint density at radius 1 is 1.00 bits per heavy atom. The molecule has 1 aromatic rings. The van der Waals surface area contributed by atoms with Crippen LogP contribution in [0.2, 0.25) is 0 Å². The molecule has 2 rings (SSSR count). The molecule has 0 aromatic heterocycles. The molecule has 0 N–H and O–H groups in total. The molecule has 1 saturated carbocycles. The molecular weight excluding hydrogens is 345 g/mol. The molecule has 1 fully saturated rings. The number of hydrogen-bond acceptors (Lipinski definition) is 1. The summed E-state index contributed by atoms with van der Waals surface area (Å²) >= 11 is 24.9. The lowest BCUT2D eigenvalue weighted by atomic mass is 9.86. The highest BCUT2D eigenvalue weighted by Gasteiger charge is 2.51. The Bertz CT molecular complexity index is 401. The van der Waals surface area contributed by atoms with Crippen molar-refractivity contribution >= 4 is 58.8 Å². The van der Waals surface area contributed by atoms with E-state index in [1.165, 1.54) is 0 Å². The minimum Gasteiger partial charge on any atom is -0.329 e. The van der Waals surface area contributed by atoms with Gasteiger partial charge in [-0.1, -0.05) is 95.6 Å². The Hall–Kier alpha value is 0.770. The van der Waals surface area contributed by atoms with Gasteiger partial charge in [-0.05, 0) is 12.8 Å². The first-order valence-electron chi connectivity index (χ1n) is 6.21. The van der Waals surface area contributed by atoms with Crippen molar-refractivity contribution in [2.45, 2.75) is 41.5 Å². The maximum Gasteiger partial charge on any atom is 0.219 e. The predicted octanol–water partition coefficient (Wildman–Crippen LogP) is 5.95. The fourth-order valence-electron chi connectivity index (χ4n) is 2.30. The lowest BCUT2D eigenvalue weighted by Gasteiger charge is -2.43. The minimum absolute atomic E-state index is 0.738. The van der Waals surface area contributed by atoms with Crippen molar-refractivity contribution < 1.29 is 4.52 Å². The smallest absolute Gasteiger partial charge is 0.219 e. The van der Waals surface area contributed by atoms with E-state index in [1.54, 1.807) is 0 Å². The summed E-state index contributed by atoms with van der Waals surface area (Å²) in [5, 5.41) is 0.943. The highest BCUT2D eigenvalue weighted by molar-refractivity contribution is 7.86. The first-order valence-corrected chi connectivity index (χ1v) is 9.51. The van der Waals surface area contributed by atoms with Crippen molar-refractivity contribution in [1.82, 2.24) is 0 Å². The van der Waals surface area contributed by atoms with Gasteiger partial charge in [0.2, 0.25) is 3.79 Å². The standard InChI is InChI=1S/C13H15Cl4OP/c14-13(15,16)12(9-5-2-6-10-12)18-19(17)11-7-3-1-4-8-11/h1,3-4,7-8H,2,5-6,9-10H2. The van der Waals surface area contributed by atoms with E-state index in [0.29, 0.717) is 0 Å². The van der Waals surface area contributed by atoms with Crippen LogP contribution in [0, 0.1) is 0 Å². The van der Waals surface area contributed by atoms with Gasteiger partial charge < -0.3 is 4.52 Å². The van der Waals surface area contributed by atoms with E-state index in [4.69, 9.17) is 50.6 Å². The lowest BCUT2D eigenvalue weighted by molar-refractivity contribution is 0.0501. The normalized spacial score (nSPS) is 21.1. The van der Waals surface area contributed by atoms with Crippen molar-refractivity contribution in [1.29, 1.82) is 0 Å². The van der Waals surface area contributed by atoms with Gasteiger partial charge in [-0.15, -0.1) is 0 Å². The van der Waals surface area contributed by atoms with Crippen molar-refractivity contribution in [3.05, 3.63) is 30.3 Å². The molecule has 1 atom stereocenters. The Labute approximate surface area is 135 Å². The molecule has 6 heteroatoms. The van der Waals surface area contributed by atoms with Gasteiger partial charge in [0.25, 0.3) is 0 Å². The van der Waals surface area contributed by atoms with Crippen LogP contribution in [0.4, 0.5) is 0 Å².